The van der Waals surface area contributed by atoms with Crippen LogP contribution in [-0.4, -0.2) is 18.0 Å². The molecule has 2 N–H and O–H groups in total. The van der Waals surface area contributed by atoms with Crippen LogP contribution in [0.1, 0.15) is 38.1 Å². The van der Waals surface area contributed by atoms with Gasteiger partial charge in [0.05, 0.1) is 0 Å². The first kappa shape index (κ1) is 12.6. The molecule has 3 heteroatoms. The third-order valence-electron chi connectivity index (χ3n) is 2.02. The maximum absolute atomic E-state index is 11.8. The highest BCUT2D eigenvalue weighted by Crippen LogP contribution is 2.10. The molecule has 0 heterocycles. The number of carbonyl (C=O) groups excluding carboxylic acids is 1. The minimum atomic E-state index is -0.197. The van der Waals surface area contributed by atoms with Crippen molar-refractivity contribution in [3.8, 4) is 0 Å². The van der Waals surface area contributed by atoms with E-state index >= 15 is 0 Å². The number of benzene rings is 1. The number of nitrogens with one attached hydrogen (secondary N) is 2. The molecule has 0 unspecified atom stereocenters. The SMILES string of the molecule is CCNc1ccc(C(=O)NC(C)(C)C)cc1. The van der Waals surface area contributed by atoms with E-state index in [1.165, 1.54) is 0 Å². The smallest absolute Gasteiger partial charge is 0.251 e. The number of hydrogen-bond acceptors (Lipinski definition) is 2. The fraction of sp³-hybridized carbons (Fsp3) is 0.462. The summed E-state index contributed by atoms with van der Waals surface area (Å²) in [7, 11) is 0. The van der Waals surface area contributed by atoms with Gasteiger partial charge in [-0.25, -0.2) is 0 Å². The van der Waals surface area contributed by atoms with Crippen LogP contribution in [0.2, 0.25) is 0 Å². The maximum atomic E-state index is 11.8. The summed E-state index contributed by atoms with van der Waals surface area (Å²) in [5, 5.41) is 6.12. The van der Waals surface area contributed by atoms with E-state index in [4.69, 9.17) is 0 Å². The first-order valence-corrected chi connectivity index (χ1v) is 5.59. The monoisotopic (exact) mass is 220 g/mol. The largest absolute Gasteiger partial charge is 0.385 e. The molecular formula is C13H20N2O. The molecule has 1 amide bonds. The molecule has 0 saturated heterocycles. The Labute approximate surface area is 97.2 Å². The molecule has 88 valence electrons. The van der Waals surface area contributed by atoms with Crippen molar-refractivity contribution in [3.05, 3.63) is 29.8 Å². The van der Waals surface area contributed by atoms with Gasteiger partial charge in [-0.2, -0.15) is 0 Å². The van der Waals surface area contributed by atoms with Crippen LogP contribution in [0.5, 0.6) is 0 Å². The van der Waals surface area contributed by atoms with E-state index < -0.39 is 0 Å². The molecule has 0 bridgehead atoms. The minimum absolute atomic E-state index is 0.0319. The Morgan fingerprint density at radius 3 is 2.19 bits per heavy atom. The molecule has 0 aliphatic carbocycles. The zero-order chi connectivity index (χ0) is 12.2. The van der Waals surface area contributed by atoms with Gasteiger partial charge in [0.15, 0.2) is 0 Å². The Bertz CT molecular complexity index is 349. The molecule has 0 radical (unpaired) electrons. The summed E-state index contributed by atoms with van der Waals surface area (Å²) in [6.45, 7) is 8.83. The lowest BCUT2D eigenvalue weighted by Crippen LogP contribution is -2.40. The molecule has 0 aliphatic rings. The highest BCUT2D eigenvalue weighted by molar-refractivity contribution is 5.94. The molecule has 16 heavy (non-hydrogen) atoms. The summed E-state index contributed by atoms with van der Waals surface area (Å²) >= 11 is 0. The average Bonchev–Trinajstić information content (AvgIpc) is 2.16. The van der Waals surface area contributed by atoms with Crippen LogP contribution in [0.15, 0.2) is 24.3 Å². The molecule has 1 aromatic carbocycles. The number of anilines is 1. The summed E-state index contributed by atoms with van der Waals surface area (Å²) in [6.07, 6.45) is 0. The molecule has 0 atom stereocenters. The number of amides is 1. The molecule has 0 fully saturated rings. The summed E-state index contributed by atoms with van der Waals surface area (Å²) in [4.78, 5) is 11.8. The van der Waals surface area contributed by atoms with Gasteiger partial charge >= 0.3 is 0 Å². The summed E-state index contributed by atoms with van der Waals surface area (Å²) in [5.74, 6) is -0.0319. The second-order valence-electron chi connectivity index (χ2n) is 4.81. The van der Waals surface area contributed by atoms with Gasteiger partial charge in [-0.3, -0.25) is 4.79 Å². The van der Waals surface area contributed by atoms with Crippen molar-refractivity contribution in [3.63, 3.8) is 0 Å². The van der Waals surface area contributed by atoms with Crippen LogP contribution in [0, 0.1) is 0 Å². The molecule has 1 aromatic rings. The van der Waals surface area contributed by atoms with Crippen LogP contribution < -0.4 is 10.6 Å². The van der Waals surface area contributed by atoms with E-state index in [2.05, 4.69) is 10.6 Å². The Kier molecular flexibility index (Phi) is 3.93. The second-order valence-corrected chi connectivity index (χ2v) is 4.81. The normalized spacial score (nSPS) is 11.0. The van der Waals surface area contributed by atoms with Crippen molar-refractivity contribution in [2.45, 2.75) is 33.2 Å². The van der Waals surface area contributed by atoms with Gasteiger partial charge in [0.25, 0.3) is 5.91 Å². The standard InChI is InChI=1S/C13H20N2O/c1-5-14-11-8-6-10(7-9-11)12(16)15-13(2,3)4/h6-9,14H,5H2,1-4H3,(H,15,16). The third kappa shape index (κ3) is 3.93. The Hall–Kier alpha value is -1.51. The molecule has 1 rings (SSSR count). The van der Waals surface area contributed by atoms with Crippen molar-refractivity contribution in [1.82, 2.24) is 5.32 Å². The maximum Gasteiger partial charge on any atom is 0.251 e. The molecule has 0 aliphatic heterocycles. The van der Waals surface area contributed by atoms with E-state index in [0.717, 1.165) is 12.2 Å². The number of hydrogen-bond donors (Lipinski definition) is 2. The predicted molar refractivity (Wildman–Crippen MR) is 67.8 cm³/mol. The number of carbonyl (C=O) groups is 1. The Morgan fingerprint density at radius 1 is 1.19 bits per heavy atom. The molecule has 0 saturated carbocycles. The second kappa shape index (κ2) is 5.01. The highest BCUT2D eigenvalue weighted by Gasteiger charge is 2.14. The van der Waals surface area contributed by atoms with E-state index in [9.17, 15) is 4.79 Å². The minimum Gasteiger partial charge on any atom is -0.385 e. The molecular weight excluding hydrogens is 200 g/mol. The van der Waals surface area contributed by atoms with Gasteiger partial charge in [0.1, 0.15) is 0 Å². The van der Waals surface area contributed by atoms with Crippen molar-refractivity contribution in [2.24, 2.45) is 0 Å². The van der Waals surface area contributed by atoms with E-state index in [1.807, 2.05) is 52.0 Å². The van der Waals surface area contributed by atoms with Crippen LogP contribution >= 0.6 is 0 Å². The zero-order valence-corrected chi connectivity index (χ0v) is 10.4. The quantitative estimate of drug-likeness (QED) is 0.822. The molecule has 0 spiro atoms. The van der Waals surface area contributed by atoms with Crippen molar-refractivity contribution in [2.75, 3.05) is 11.9 Å². The van der Waals surface area contributed by atoms with Gasteiger partial charge in [-0.05, 0) is 52.0 Å². The average molecular weight is 220 g/mol. The fourth-order valence-electron chi connectivity index (χ4n) is 1.36. The third-order valence-corrected chi connectivity index (χ3v) is 2.02. The van der Waals surface area contributed by atoms with E-state index in [-0.39, 0.29) is 11.4 Å². The predicted octanol–water partition coefficient (Wildman–Crippen LogP) is 2.65. The van der Waals surface area contributed by atoms with Crippen molar-refractivity contribution in [1.29, 1.82) is 0 Å². The van der Waals surface area contributed by atoms with E-state index in [0.29, 0.717) is 5.56 Å². The van der Waals surface area contributed by atoms with Gasteiger partial charge in [-0.1, -0.05) is 0 Å². The summed E-state index contributed by atoms with van der Waals surface area (Å²) < 4.78 is 0. The number of rotatable bonds is 3. The highest BCUT2D eigenvalue weighted by atomic mass is 16.1. The fourth-order valence-corrected chi connectivity index (χ4v) is 1.36. The first-order chi connectivity index (χ1) is 7.42. The molecule has 0 aromatic heterocycles. The van der Waals surface area contributed by atoms with Crippen LogP contribution in [0.4, 0.5) is 5.69 Å². The van der Waals surface area contributed by atoms with Gasteiger partial charge in [0.2, 0.25) is 0 Å². The zero-order valence-electron chi connectivity index (χ0n) is 10.4. The van der Waals surface area contributed by atoms with Gasteiger partial charge in [-0.15, -0.1) is 0 Å². The summed E-state index contributed by atoms with van der Waals surface area (Å²) in [5.41, 5.74) is 1.53. The lowest BCUT2D eigenvalue weighted by Gasteiger charge is -2.20. The van der Waals surface area contributed by atoms with Gasteiger partial charge in [0, 0.05) is 23.3 Å². The van der Waals surface area contributed by atoms with E-state index in [1.54, 1.807) is 0 Å². The topological polar surface area (TPSA) is 41.1 Å². The lowest BCUT2D eigenvalue weighted by atomic mass is 10.1. The summed E-state index contributed by atoms with van der Waals surface area (Å²) in [6, 6.07) is 7.50. The van der Waals surface area contributed by atoms with Crippen molar-refractivity contribution >= 4 is 11.6 Å². The lowest BCUT2D eigenvalue weighted by molar-refractivity contribution is 0.0919. The van der Waals surface area contributed by atoms with Crippen LogP contribution in [0.25, 0.3) is 0 Å². The van der Waals surface area contributed by atoms with Crippen LogP contribution in [-0.2, 0) is 0 Å². The van der Waals surface area contributed by atoms with Gasteiger partial charge < -0.3 is 10.6 Å². The van der Waals surface area contributed by atoms with Crippen molar-refractivity contribution < 1.29 is 4.79 Å². The van der Waals surface area contributed by atoms with Crippen LogP contribution in [0.3, 0.4) is 0 Å². The first-order valence-electron chi connectivity index (χ1n) is 5.59. The Balaban J connectivity index is 2.70. The molecule has 3 nitrogen and oxygen atoms in total. The Morgan fingerprint density at radius 2 is 1.75 bits per heavy atom.